The van der Waals surface area contributed by atoms with Gasteiger partial charge >= 0.3 is 0 Å². The third-order valence-corrected chi connectivity index (χ3v) is 4.85. The predicted molar refractivity (Wildman–Crippen MR) is 87.3 cm³/mol. The standard InChI is InChI=1S/C17H23FN2S/c1-16(2,3)14-11-21-15(20-14)17(4,19-5)10-12-7-6-8-13(18)9-12/h6-9,11,19H,10H2,1-5H3. The Balaban J connectivity index is 2.30. The zero-order chi connectivity index (χ0) is 15.7. The molecule has 1 atom stereocenters. The molecule has 2 aromatic rings. The quantitative estimate of drug-likeness (QED) is 0.913. The maximum atomic E-state index is 13.4. The molecule has 2 rings (SSSR count). The van der Waals surface area contributed by atoms with E-state index in [1.807, 2.05) is 13.1 Å². The molecule has 0 saturated carbocycles. The fourth-order valence-electron chi connectivity index (χ4n) is 2.20. The number of benzene rings is 1. The van der Waals surface area contributed by atoms with Crippen LogP contribution >= 0.6 is 11.3 Å². The number of nitrogens with zero attached hydrogens (tertiary/aromatic N) is 1. The average Bonchev–Trinajstić information content (AvgIpc) is 2.88. The second-order valence-corrected chi connectivity index (χ2v) is 7.53. The van der Waals surface area contributed by atoms with Gasteiger partial charge in [0.2, 0.25) is 0 Å². The van der Waals surface area contributed by atoms with E-state index in [0.29, 0.717) is 6.42 Å². The highest BCUT2D eigenvalue weighted by Crippen LogP contribution is 2.32. The van der Waals surface area contributed by atoms with Crippen molar-refractivity contribution < 1.29 is 4.39 Å². The van der Waals surface area contributed by atoms with Crippen molar-refractivity contribution in [1.29, 1.82) is 0 Å². The SMILES string of the molecule is CNC(C)(Cc1cccc(F)c1)c1nc(C(C)(C)C)cs1. The Kier molecular flexibility index (Phi) is 4.49. The molecule has 21 heavy (non-hydrogen) atoms. The predicted octanol–water partition coefficient (Wildman–Crippen LogP) is 4.26. The lowest BCUT2D eigenvalue weighted by atomic mass is 9.91. The van der Waals surface area contributed by atoms with Crippen LogP contribution in [0, 0.1) is 5.82 Å². The average molecular weight is 306 g/mol. The Morgan fingerprint density at radius 2 is 1.95 bits per heavy atom. The van der Waals surface area contributed by atoms with E-state index in [2.05, 4.69) is 38.4 Å². The van der Waals surface area contributed by atoms with Gasteiger partial charge in [0.15, 0.2) is 0 Å². The number of aromatic nitrogens is 1. The summed E-state index contributed by atoms with van der Waals surface area (Å²) in [5, 5.41) is 6.52. The summed E-state index contributed by atoms with van der Waals surface area (Å²) in [6.45, 7) is 8.60. The largest absolute Gasteiger partial charge is 0.308 e. The molecular formula is C17H23FN2S. The Morgan fingerprint density at radius 1 is 1.24 bits per heavy atom. The summed E-state index contributed by atoms with van der Waals surface area (Å²) < 4.78 is 13.4. The molecule has 0 aliphatic heterocycles. The number of halogens is 1. The number of nitrogens with one attached hydrogen (secondary N) is 1. The molecule has 0 aliphatic carbocycles. The summed E-state index contributed by atoms with van der Waals surface area (Å²) in [5.41, 5.74) is 1.83. The van der Waals surface area contributed by atoms with Gasteiger partial charge in [0, 0.05) is 10.8 Å². The summed E-state index contributed by atoms with van der Waals surface area (Å²) in [6.07, 6.45) is 0.707. The summed E-state index contributed by atoms with van der Waals surface area (Å²) in [7, 11) is 1.93. The van der Waals surface area contributed by atoms with E-state index in [1.165, 1.54) is 6.07 Å². The van der Waals surface area contributed by atoms with E-state index in [0.717, 1.165) is 16.3 Å². The first-order valence-corrected chi connectivity index (χ1v) is 8.02. The second-order valence-electron chi connectivity index (χ2n) is 6.68. The summed E-state index contributed by atoms with van der Waals surface area (Å²) in [4.78, 5) is 4.81. The lowest BCUT2D eigenvalue weighted by molar-refractivity contribution is 0.392. The zero-order valence-electron chi connectivity index (χ0n) is 13.3. The molecule has 1 aromatic carbocycles. The van der Waals surface area contributed by atoms with E-state index in [-0.39, 0.29) is 16.8 Å². The van der Waals surface area contributed by atoms with Gasteiger partial charge in [0.1, 0.15) is 10.8 Å². The highest BCUT2D eigenvalue weighted by atomic mass is 32.1. The molecule has 0 amide bonds. The van der Waals surface area contributed by atoms with E-state index in [9.17, 15) is 4.39 Å². The van der Waals surface area contributed by atoms with Crippen molar-refractivity contribution in [3.63, 3.8) is 0 Å². The monoisotopic (exact) mass is 306 g/mol. The topological polar surface area (TPSA) is 24.9 Å². The highest BCUT2D eigenvalue weighted by Gasteiger charge is 2.30. The summed E-state index contributed by atoms with van der Waals surface area (Å²) in [6, 6.07) is 6.77. The first kappa shape index (κ1) is 16.1. The normalized spacial score (nSPS) is 15.0. The van der Waals surface area contributed by atoms with Crippen molar-refractivity contribution in [2.75, 3.05) is 7.05 Å². The van der Waals surface area contributed by atoms with Gasteiger partial charge in [-0.25, -0.2) is 9.37 Å². The van der Waals surface area contributed by atoms with Gasteiger partial charge in [-0.05, 0) is 38.1 Å². The van der Waals surface area contributed by atoms with Crippen LogP contribution in [-0.4, -0.2) is 12.0 Å². The zero-order valence-corrected chi connectivity index (χ0v) is 14.1. The smallest absolute Gasteiger partial charge is 0.123 e. The number of likely N-dealkylation sites (N-methyl/N-ethyl adjacent to an activating group) is 1. The number of hydrogen-bond donors (Lipinski definition) is 1. The molecule has 114 valence electrons. The van der Waals surface area contributed by atoms with Crippen molar-refractivity contribution in [2.24, 2.45) is 0 Å². The molecule has 4 heteroatoms. The number of hydrogen-bond acceptors (Lipinski definition) is 3. The van der Waals surface area contributed by atoms with Crippen LogP contribution in [0.25, 0.3) is 0 Å². The van der Waals surface area contributed by atoms with E-state index in [4.69, 9.17) is 4.98 Å². The van der Waals surface area contributed by atoms with E-state index < -0.39 is 0 Å². The summed E-state index contributed by atoms with van der Waals surface area (Å²) in [5.74, 6) is -0.194. The van der Waals surface area contributed by atoms with Gasteiger partial charge in [-0.2, -0.15) is 0 Å². The Morgan fingerprint density at radius 3 is 2.48 bits per heavy atom. The van der Waals surface area contributed by atoms with Crippen LogP contribution in [0.5, 0.6) is 0 Å². The fourth-order valence-corrected chi connectivity index (χ4v) is 3.41. The van der Waals surface area contributed by atoms with Crippen molar-refractivity contribution in [2.45, 2.75) is 45.1 Å². The Labute approximate surface area is 130 Å². The number of thiazole rings is 1. The molecule has 1 unspecified atom stereocenters. The van der Waals surface area contributed by atoms with Gasteiger partial charge in [0.05, 0.1) is 11.2 Å². The van der Waals surface area contributed by atoms with Crippen LogP contribution in [-0.2, 0) is 17.4 Å². The van der Waals surface area contributed by atoms with Gasteiger partial charge < -0.3 is 5.32 Å². The van der Waals surface area contributed by atoms with E-state index >= 15 is 0 Å². The van der Waals surface area contributed by atoms with Crippen molar-refractivity contribution in [1.82, 2.24) is 10.3 Å². The third-order valence-electron chi connectivity index (χ3n) is 3.74. The van der Waals surface area contributed by atoms with Crippen molar-refractivity contribution >= 4 is 11.3 Å². The van der Waals surface area contributed by atoms with Gasteiger partial charge in [0.25, 0.3) is 0 Å². The van der Waals surface area contributed by atoms with Crippen LogP contribution in [0.2, 0.25) is 0 Å². The Hall–Kier alpha value is -1.26. The maximum Gasteiger partial charge on any atom is 0.123 e. The molecular weight excluding hydrogens is 283 g/mol. The third kappa shape index (κ3) is 3.69. The lowest BCUT2D eigenvalue weighted by Crippen LogP contribution is -2.39. The first-order chi connectivity index (χ1) is 9.74. The highest BCUT2D eigenvalue weighted by molar-refractivity contribution is 7.09. The van der Waals surface area contributed by atoms with Gasteiger partial charge in [-0.15, -0.1) is 11.3 Å². The molecule has 1 N–H and O–H groups in total. The van der Waals surface area contributed by atoms with Crippen LogP contribution < -0.4 is 5.32 Å². The molecule has 0 saturated heterocycles. The minimum Gasteiger partial charge on any atom is -0.308 e. The van der Waals surface area contributed by atoms with Crippen LogP contribution in [0.15, 0.2) is 29.6 Å². The molecule has 0 bridgehead atoms. The van der Waals surface area contributed by atoms with E-state index in [1.54, 1.807) is 23.5 Å². The molecule has 2 nitrogen and oxygen atoms in total. The molecule has 0 aliphatic rings. The molecule has 1 aromatic heterocycles. The minimum atomic E-state index is -0.290. The molecule has 1 heterocycles. The lowest BCUT2D eigenvalue weighted by Gasteiger charge is -2.27. The number of rotatable bonds is 4. The van der Waals surface area contributed by atoms with Crippen molar-refractivity contribution in [3.8, 4) is 0 Å². The van der Waals surface area contributed by atoms with Crippen molar-refractivity contribution in [3.05, 3.63) is 51.7 Å². The van der Waals surface area contributed by atoms with Gasteiger partial charge in [-0.3, -0.25) is 0 Å². The molecule has 0 fully saturated rings. The second kappa shape index (κ2) is 5.85. The fraction of sp³-hybridized carbons (Fsp3) is 0.471. The van der Waals surface area contributed by atoms with Crippen LogP contribution in [0.1, 0.15) is 44.0 Å². The van der Waals surface area contributed by atoms with Crippen LogP contribution in [0.4, 0.5) is 4.39 Å². The Bertz CT molecular complexity index is 615. The first-order valence-electron chi connectivity index (χ1n) is 7.14. The summed E-state index contributed by atoms with van der Waals surface area (Å²) >= 11 is 1.66. The minimum absolute atomic E-state index is 0.0439. The van der Waals surface area contributed by atoms with Gasteiger partial charge in [-0.1, -0.05) is 32.9 Å². The maximum absolute atomic E-state index is 13.4. The molecule has 0 spiro atoms. The molecule has 0 radical (unpaired) electrons. The van der Waals surface area contributed by atoms with Crippen LogP contribution in [0.3, 0.4) is 0 Å².